The van der Waals surface area contributed by atoms with Crippen LogP contribution in [0.2, 0.25) is 0 Å². The number of carbonyl (C=O) groups is 3. The Bertz CT molecular complexity index is 885. The summed E-state index contributed by atoms with van der Waals surface area (Å²) in [6.07, 6.45) is 0. The molecule has 0 aliphatic carbocycles. The predicted octanol–water partition coefficient (Wildman–Crippen LogP) is 2.88. The van der Waals surface area contributed by atoms with Gasteiger partial charge in [-0.1, -0.05) is 0 Å². The fourth-order valence-corrected chi connectivity index (χ4v) is 2.24. The van der Waals surface area contributed by atoms with Crippen LogP contribution in [0.3, 0.4) is 0 Å². The lowest BCUT2D eigenvalue weighted by Gasteiger charge is -2.21. The summed E-state index contributed by atoms with van der Waals surface area (Å²) in [5.74, 6) is -6.71. The Hall–Kier alpha value is -3.36. The van der Waals surface area contributed by atoms with Gasteiger partial charge in [-0.15, -0.1) is 0 Å². The SMILES string of the molecule is COC(=O)c1ccc(NC(=O)CN(C(C)=O)c2ccc(F)c(F)c2F)cc1. The number of ether oxygens (including phenoxy) is 1. The molecule has 0 aliphatic rings. The third-order valence-corrected chi connectivity index (χ3v) is 3.58. The number of benzene rings is 2. The molecule has 0 fully saturated rings. The van der Waals surface area contributed by atoms with Crippen molar-refractivity contribution in [3.63, 3.8) is 0 Å². The van der Waals surface area contributed by atoms with Gasteiger partial charge < -0.3 is 15.0 Å². The number of methoxy groups -OCH3 is 1. The van der Waals surface area contributed by atoms with Gasteiger partial charge in [0.05, 0.1) is 18.4 Å². The van der Waals surface area contributed by atoms with E-state index in [1.807, 2.05) is 0 Å². The number of rotatable bonds is 5. The highest BCUT2D eigenvalue weighted by Crippen LogP contribution is 2.24. The second-order valence-corrected chi connectivity index (χ2v) is 5.42. The van der Waals surface area contributed by atoms with Gasteiger partial charge in [0.1, 0.15) is 6.54 Å². The van der Waals surface area contributed by atoms with E-state index >= 15 is 0 Å². The van der Waals surface area contributed by atoms with E-state index in [1.165, 1.54) is 31.4 Å². The van der Waals surface area contributed by atoms with Crippen molar-refractivity contribution in [1.82, 2.24) is 0 Å². The number of amides is 2. The molecular formula is C18H15F3N2O4. The summed E-state index contributed by atoms with van der Waals surface area (Å²) >= 11 is 0. The standard InChI is InChI=1S/C18H15F3N2O4/c1-10(24)23(14-8-7-13(19)16(20)17(14)21)9-15(25)22-12-5-3-11(4-6-12)18(26)27-2/h3-8H,9H2,1-2H3,(H,22,25). The molecule has 27 heavy (non-hydrogen) atoms. The molecule has 2 amide bonds. The lowest BCUT2D eigenvalue weighted by molar-refractivity contribution is -0.120. The minimum Gasteiger partial charge on any atom is -0.465 e. The third-order valence-electron chi connectivity index (χ3n) is 3.58. The van der Waals surface area contributed by atoms with Crippen molar-refractivity contribution < 1.29 is 32.3 Å². The molecule has 0 heterocycles. The van der Waals surface area contributed by atoms with E-state index in [0.717, 1.165) is 13.0 Å². The number of nitrogens with one attached hydrogen (secondary N) is 1. The molecule has 2 rings (SSSR count). The minimum absolute atomic E-state index is 0.268. The maximum absolute atomic E-state index is 13.9. The lowest BCUT2D eigenvalue weighted by atomic mass is 10.2. The smallest absolute Gasteiger partial charge is 0.337 e. The Morgan fingerprint density at radius 2 is 1.63 bits per heavy atom. The Labute approximate surface area is 152 Å². The molecule has 1 N–H and O–H groups in total. The maximum Gasteiger partial charge on any atom is 0.337 e. The van der Waals surface area contributed by atoms with Crippen molar-refractivity contribution in [2.45, 2.75) is 6.92 Å². The highest BCUT2D eigenvalue weighted by atomic mass is 19.2. The van der Waals surface area contributed by atoms with Crippen LogP contribution in [0.25, 0.3) is 0 Å². The number of halogens is 3. The fourth-order valence-electron chi connectivity index (χ4n) is 2.24. The number of carbonyl (C=O) groups excluding carboxylic acids is 3. The zero-order chi connectivity index (χ0) is 20.1. The van der Waals surface area contributed by atoms with Crippen LogP contribution in [0.5, 0.6) is 0 Å². The first kappa shape index (κ1) is 20.0. The molecule has 9 heteroatoms. The molecule has 2 aromatic rings. The van der Waals surface area contributed by atoms with Crippen LogP contribution in [-0.2, 0) is 14.3 Å². The van der Waals surface area contributed by atoms with Gasteiger partial charge in [0, 0.05) is 12.6 Å². The van der Waals surface area contributed by atoms with Crippen LogP contribution in [0, 0.1) is 17.5 Å². The van der Waals surface area contributed by atoms with Gasteiger partial charge in [0.2, 0.25) is 11.8 Å². The number of esters is 1. The van der Waals surface area contributed by atoms with Crippen LogP contribution >= 0.6 is 0 Å². The zero-order valence-corrected chi connectivity index (χ0v) is 14.4. The fraction of sp³-hybridized carbons (Fsp3) is 0.167. The summed E-state index contributed by atoms with van der Waals surface area (Å²) in [6, 6.07) is 7.22. The van der Waals surface area contributed by atoms with E-state index in [1.54, 1.807) is 0 Å². The van der Waals surface area contributed by atoms with E-state index in [2.05, 4.69) is 10.1 Å². The van der Waals surface area contributed by atoms with Gasteiger partial charge in [-0.3, -0.25) is 9.59 Å². The van der Waals surface area contributed by atoms with E-state index < -0.39 is 47.5 Å². The second kappa shape index (κ2) is 8.35. The summed E-state index contributed by atoms with van der Waals surface area (Å²) in [6.45, 7) is 0.426. The molecule has 0 aromatic heterocycles. The predicted molar refractivity (Wildman–Crippen MR) is 90.8 cm³/mol. The molecule has 6 nitrogen and oxygen atoms in total. The summed E-state index contributed by atoms with van der Waals surface area (Å²) in [4.78, 5) is 35.9. The molecule has 0 aliphatic heterocycles. The molecule has 0 unspecified atom stereocenters. The second-order valence-electron chi connectivity index (χ2n) is 5.42. The van der Waals surface area contributed by atoms with Crippen molar-refractivity contribution in [2.24, 2.45) is 0 Å². The van der Waals surface area contributed by atoms with Crippen molar-refractivity contribution in [3.8, 4) is 0 Å². The van der Waals surface area contributed by atoms with Crippen LogP contribution < -0.4 is 10.2 Å². The molecular weight excluding hydrogens is 365 g/mol. The van der Waals surface area contributed by atoms with Crippen molar-refractivity contribution in [3.05, 3.63) is 59.4 Å². The average molecular weight is 380 g/mol. The topological polar surface area (TPSA) is 75.7 Å². The van der Waals surface area contributed by atoms with Gasteiger partial charge >= 0.3 is 5.97 Å². The minimum atomic E-state index is -1.74. The normalized spacial score (nSPS) is 10.3. The monoisotopic (exact) mass is 380 g/mol. The maximum atomic E-state index is 13.9. The van der Waals surface area contributed by atoms with Crippen molar-refractivity contribution in [2.75, 3.05) is 23.9 Å². The summed E-state index contributed by atoms with van der Waals surface area (Å²) in [5, 5.41) is 2.45. The van der Waals surface area contributed by atoms with Crippen LogP contribution in [0.1, 0.15) is 17.3 Å². The summed E-state index contributed by atoms with van der Waals surface area (Å²) < 4.78 is 44.9. The van der Waals surface area contributed by atoms with Gasteiger partial charge in [-0.05, 0) is 36.4 Å². The van der Waals surface area contributed by atoms with Gasteiger partial charge in [-0.25, -0.2) is 18.0 Å². The van der Waals surface area contributed by atoms with Gasteiger partial charge in [-0.2, -0.15) is 0 Å². The Morgan fingerprint density at radius 3 is 2.19 bits per heavy atom. The zero-order valence-electron chi connectivity index (χ0n) is 14.4. The summed E-state index contributed by atoms with van der Waals surface area (Å²) in [7, 11) is 1.23. The molecule has 0 atom stereocenters. The highest BCUT2D eigenvalue weighted by molar-refractivity contribution is 6.02. The summed E-state index contributed by atoms with van der Waals surface area (Å²) in [5.41, 5.74) is 0.0178. The molecule has 2 aromatic carbocycles. The molecule has 0 radical (unpaired) electrons. The van der Waals surface area contributed by atoms with Crippen molar-refractivity contribution in [1.29, 1.82) is 0 Å². The number of nitrogens with zero attached hydrogens (tertiary/aromatic N) is 1. The van der Waals surface area contributed by atoms with Gasteiger partial charge in [0.25, 0.3) is 0 Å². The number of hydrogen-bond donors (Lipinski definition) is 1. The molecule has 142 valence electrons. The molecule has 0 saturated carbocycles. The Balaban J connectivity index is 2.15. The van der Waals surface area contributed by atoms with E-state index in [-0.39, 0.29) is 5.56 Å². The first-order chi connectivity index (χ1) is 12.7. The van der Waals surface area contributed by atoms with Gasteiger partial charge in [0.15, 0.2) is 17.5 Å². The van der Waals surface area contributed by atoms with E-state index in [9.17, 15) is 27.6 Å². The van der Waals surface area contributed by atoms with E-state index in [4.69, 9.17) is 0 Å². The van der Waals surface area contributed by atoms with Crippen molar-refractivity contribution >= 4 is 29.2 Å². The highest BCUT2D eigenvalue weighted by Gasteiger charge is 2.23. The molecule has 0 bridgehead atoms. The number of anilines is 2. The molecule has 0 spiro atoms. The van der Waals surface area contributed by atoms with E-state index in [0.29, 0.717) is 16.7 Å². The first-order valence-corrected chi connectivity index (χ1v) is 7.64. The third kappa shape index (κ3) is 4.63. The Kier molecular flexibility index (Phi) is 6.17. The van der Waals surface area contributed by atoms with Crippen LogP contribution in [0.15, 0.2) is 36.4 Å². The Morgan fingerprint density at radius 1 is 1.00 bits per heavy atom. The van der Waals surface area contributed by atoms with Crippen LogP contribution in [-0.4, -0.2) is 31.4 Å². The van der Waals surface area contributed by atoms with Crippen LogP contribution in [0.4, 0.5) is 24.5 Å². The quantitative estimate of drug-likeness (QED) is 0.639. The first-order valence-electron chi connectivity index (χ1n) is 7.64. The largest absolute Gasteiger partial charge is 0.465 e. The molecule has 0 saturated heterocycles. The lowest BCUT2D eigenvalue weighted by Crippen LogP contribution is -2.37. The number of hydrogen-bond acceptors (Lipinski definition) is 4. The average Bonchev–Trinajstić information content (AvgIpc) is 2.64.